The van der Waals surface area contributed by atoms with Crippen molar-refractivity contribution >= 4 is 11.9 Å². The number of ether oxygens (including phenoxy) is 1. The highest BCUT2D eigenvalue weighted by atomic mass is 16.6. The zero-order valence-electron chi connectivity index (χ0n) is 9.39. The minimum absolute atomic E-state index is 0.145. The fourth-order valence-corrected chi connectivity index (χ4v) is 1.81. The summed E-state index contributed by atoms with van der Waals surface area (Å²) in [7, 11) is 0. The van der Waals surface area contributed by atoms with Gasteiger partial charge in [0.05, 0.1) is 0 Å². The maximum Gasteiger partial charge on any atom is 0.335 e. The van der Waals surface area contributed by atoms with Crippen molar-refractivity contribution in [2.24, 2.45) is 5.92 Å². The predicted molar refractivity (Wildman–Crippen MR) is 55.2 cm³/mol. The van der Waals surface area contributed by atoms with E-state index in [0.29, 0.717) is 0 Å². The largest absolute Gasteiger partial charge is 0.479 e. The van der Waals surface area contributed by atoms with E-state index in [1.54, 1.807) is 0 Å². The SMILES string of the molecule is O=C(N[C@@H]1O[C@H](C(=O)O)[C@@H](O)[C@H](O)[C@H]1O)C1CC1. The molecule has 0 radical (unpaired) electrons. The molecule has 102 valence electrons. The number of rotatable bonds is 3. The summed E-state index contributed by atoms with van der Waals surface area (Å²) in [5.74, 6) is -1.97. The number of carboxylic acids is 1. The number of hydrogen-bond donors (Lipinski definition) is 5. The third-order valence-corrected chi connectivity index (χ3v) is 3.09. The molecule has 0 aromatic rings. The average Bonchev–Trinajstić information content (AvgIpc) is 3.13. The van der Waals surface area contributed by atoms with Crippen LogP contribution in [-0.2, 0) is 14.3 Å². The van der Waals surface area contributed by atoms with E-state index in [4.69, 9.17) is 9.84 Å². The van der Waals surface area contributed by atoms with Crippen LogP contribution in [0.25, 0.3) is 0 Å². The molecule has 0 bridgehead atoms. The molecule has 1 saturated heterocycles. The lowest BCUT2D eigenvalue weighted by molar-refractivity contribution is -0.233. The van der Waals surface area contributed by atoms with Gasteiger partial charge in [-0.2, -0.15) is 0 Å². The Morgan fingerprint density at radius 2 is 1.67 bits per heavy atom. The van der Waals surface area contributed by atoms with Crippen LogP contribution in [0.2, 0.25) is 0 Å². The Morgan fingerprint density at radius 1 is 1.06 bits per heavy atom. The Balaban J connectivity index is 2.04. The third kappa shape index (κ3) is 2.46. The van der Waals surface area contributed by atoms with Gasteiger partial charge in [0.25, 0.3) is 0 Å². The number of carboxylic acid groups (broad SMARTS) is 1. The highest BCUT2D eigenvalue weighted by molar-refractivity contribution is 5.81. The first-order valence-electron chi connectivity index (χ1n) is 5.64. The Hall–Kier alpha value is -1.22. The monoisotopic (exact) mass is 261 g/mol. The van der Waals surface area contributed by atoms with E-state index in [1.165, 1.54) is 0 Å². The van der Waals surface area contributed by atoms with Gasteiger partial charge in [0.2, 0.25) is 5.91 Å². The fourth-order valence-electron chi connectivity index (χ4n) is 1.81. The van der Waals surface area contributed by atoms with Crippen molar-refractivity contribution in [3.8, 4) is 0 Å². The summed E-state index contributed by atoms with van der Waals surface area (Å²) < 4.78 is 4.90. The molecule has 1 heterocycles. The number of carbonyl (C=O) groups excluding carboxylic acids is 1. The number of amides is 1. The van der Waals surface area contributed by atoms with Crippen molar-refractivity contribution in [2.75, 3.05) is 0 Å². The van der Waals surface area contributed by atoms with Gasteiger partial charge in [-0.1, -0.05) is 0 Å². The summed E-state index contributed by atoms with van der Waals surface area (Å²) in [6.07, 6.45) is -6.55. The predicted octanol–water partition coefficient (Wildman–Crippen LogP) is -2.60. The van der Waals surface area contributed by atoms with E-state index in [-0.39, 0.29) is 11.8 Å². The number of aliphatic hydroxyl groups is 3. The van der Waals surface area contributed by atoms with Crippen molar-refractivity contribution in [3.63, 3.8) is 0 Å². The van der Waals surface area contributed by atoms with Crippen molar-refractivity contribution < 1.29 is 34.8 Å². The van der Waals surface area contributed by atoms with Gasteiger partial charge in [-0.15, -0.1) is 0 Å². The fraction of sp³-hybridized carbons (Fsp3) is 0.800. The molecule has 0 unspecified atom stereocenters. The van der Waals surface area contributed by atoms with Crippen LogP contribution in [0.3, 0.4) is 0 Å². The molecule has 2 aliphatic rings. The molecule has 8 nitrogen and oxygen atoms in total. The van der Waals surface area contributed by atoms with Crippen LogP contribution < -0.4 is 5.32 Å². The Labute approximate surface area is 102 Å². The minimum atomic E-state index is -1.74. The molecule has 0 spiro atoms. The molecule has 1 saturated carbocycles. The summed E-state index contributed by atoms with van der Waals surface area (Å²) >= 11 is 0. The van der Waals surface area contributed by atoms with Crippen LogP contribution in [-0.4, -0.2) is 62.9 Å². The van der Waals surface area contributed by atoms with Crippen LogP contribution in [0.4, 0.5) is 0 Å². The number of nitrogens with one attached hydrogen (secondary N) is 1. The van der Waals surface area contributed by atoms with Crippen molar-refractivity contribution in [2.45, 2.75) is 43.5 Å². The highest BCUT2D eigenvalue weighted by Gasteiger charge is 2.48. The Bertz CT molecular complexity index is 356. The van der Waals surface area contributed by atoms with Crippen LogP contribution in [0.15, 0.2) is 0 Å². The number of aliphatic hydroxyl groups excluding tert-OH is 3. The first-order chi connectivity index (χ1) is 8.41. The second-order valence-corrected chi connectivity index (χ2v) is 4.57. The van der Waals surface area contributed by atoms with E-state index >= 15 is 0 Å². The molecule has 18 heavy (non-hydrogen) atoms. The smallest absolute Gasteiger partial charge is 0.335 e. The van der Waals surface area contributed by atoms with Gasteiger partial charge in [0, 0.05) is 5.92 Å². The van der Waals surface area contributed by atoms with Gasteiger partial charge in [-0.3, -0.25) is 4.79 Å². The maximum atomic E-state index is 11.5. The van der Waals surface area contributed by atoms with Gasteiger partial charge in [0.1, 0.15) is 18.3 Å². The van der Waals surface area contributed by atoms with Crippen LogP contribution in [0.5, 0.6) is 0 Å². The molecule has 1 aliphatic heterocycles. The summed E-state index contributed by atoms with van der Waals surface area (Å²) in [6, 6.07) is 0. The minimum Gasteiger partial charge on any atom is -0.479 e. The summed E-state index contributed by atoms with van der Waals surface area (Å²) in [4.78, 5) is 22.3. The van der Waals surface area contributed by atoms with Crippen molar-refractivity contribution in [1.82, 2.24) is 5.32 Å². The molecular weight excluding hydrogens is 246 g/mol. The normalized spacial score (nSPS) is 40.3. The van der Waals surface area contributed by atoms with Crippen molar-refractivity contribution in [3.05, 3.63) is 0 Å². The first kappa shape index (κ1) is 13.2. The van der Waals surface area contributed by atoms with E-state index in [0.717, 1.165) is 12.8 Å². The van der Waals surface area contributed by atoms with E-state index in [9.17, 15) is 24.9 Å². The van der Waals surface area contributed by atoms with Crippen LogP contribution >= 0.6 is 0 Å². The Morgan fingerprint density at radius 3 is 2.17 bits per heavy atom. The third-order valence-electron chi connectivity index (χ3n) is 3.09. The van der Waals surface area contributed by atoms with Gasteiger partial charge >= 0.3 is 5.97 Å². The summed E-state index contributed by atoms with van der Waals surface area (Å²) in [5.41, 5.74) is 0. The Kier molecular flexibility index (Phi) is 3.53. The highest BCUT2D eigenvalue weighted by Crippen LogP contribution is 2.29. The summed E-state index contributed by atoms with van der Waals surface area (Å²) in [5, 5.41) is 39.7. The summed E-state index contributed by atoms with van der Waals surface area (Å²) in [6.45, 7) is 0. The van der Waals surface area contributed by atoms with E-state index < -0.39 is 36.6 Å². The lowest BCUT2D eigenvalue weighted by Gasteiger charge is -2.38. The molecule has 0 aromatic heterocycles. The molecule has 1 aliphatic carbocycles. The van der Waals surface area contributed by atoms with Crippen LogP contribution in [0, 0.1) is 5.92 Å². The molecule has 2 rings (SSSR count). The molecule has 1 amide bonds. The lowest BCUT2D eigenvalue weighted by Crippen LogP contribution is -2.64. The second kappa shape index (κ2) is 4.81. The molecule has 2 fully saturated rings. The van der Waals surface area contributed by atoms with E-state index in [2.05, 4.69) is 5.32 Å². The lowest BCUT2D eigenvalue weighted by atomic mass is 9.98. The number of hydrogen-bond acceptors (Lipinski definition) is 6. The second-order valence-electron chi connectivity index (χ2n) is 4.57. The number of carbonyl (C=O) groups is 2. The molecule has 5 atom stereocenters. The quantitative estimate of drug-likeness (QED) is 0.376. The molecule has 0 aromatic carbocycles. The first-order valence-corrected chi connectivity index (χ1v) is 5.64. The van der Waals surface area contributed by atoms with Gasteiger partial charge < -0.3 is 30.5 Å². The molecule has 5 N–H and O–H groups in total. The van der Waals surface area contributed by atoms with Crippen LogP contribution in [0.1, 0.15) is 12.8 Å². The van der Waals surface area contributed by atoms with Crippen molar-refractivity contribution in [1.29, 1.82) is 0 Å². The van der Waals surface area contributed by atoms with E-state index in [1.807, 2.05) is 0 Å². The molecular formula is C10H15NO7. The zero-order valence-corrected chi connectivity index (χ0v) is 9.39. The van der Waals surface area contributed by atoms with Gasteiger partial charge in [0.15, 0.2) is 12.3 Å². The van der Waals surface area contributed by atoms with Gasteiger partial charge in [-0.25, -0.2) is 4.79 Å². The zero-order chi connectivity index (χ0) is 13.4. The standard InChI is InChI=1S/C10H15NO7/c12-4-5(13)7(10(16)17)18-9(6(4)14)11-8(15)3-1-2-3/h3-7,9,12-14H,1-2H2,(H,11,15)(H,16,17)/t4-,5-,6+,7-,9+/m0/s1. The average molecular weight is 261 g/mol. The maximum absolute atomic E-state index is 11.5. The number of aliphatic carboxylic acids is 1. The topological polar surface area (TPSA) is 136 Å². The molecule has 8 heteroatoms. The van der Waals surface area contributed by atoms with Gasteiger partial charge in [-0.05, 0) is 12.8 Å².